The number of unbranched alkanes of at least 4 members (excludes halogenated alkanes) is 1. The summed E-state index contributed by atoms with van der Waals surface area (Å²) in [6.07, 6.45) is 2.46. The molecule has 4 heteroatoms. The molecule has 106 valence electrons. The van der Waals surface area contributed by atoms with Crippen molar-refractivity contribution >= 4 is 11.8 Å². The van der Waals surface area contributed by atoms with Gasteiger partial charge in [0.1, 0.15) is 5.82 Å². The van der Waals surface area contributed by atoms with Crippen LogP contribution in [0, 0.1) is 11.7 Å². The topological polar surface area (TPSA) is 12.5 Å². The molecular formula is C15H22FNOS. The highest BCUT2D eigenvalue weighted by Gasteiger charge is 2.25. The van der Waals surface area contributed by atoms with Crippen molar-refractivity contribution in [1.82, 2.24) is 4.90 Å². The lowest BCUT2D eigenvalue weighted by molar-refractivity contribution is 0.0338. The van der Waals surface area contributed by atoms with Gasteiger partial charge in [0.25, 0.3) is 0 Å². The highest BCUT2D eigenvalue weighted by atomic mass is 32.2. The lowest BCUT2D eigenvalue weighted by atomic mass is 10.0. The molecule has 1 aliphatic heterocycles. The molecule has 0 aliphatic carbocycles. The van der Waals surface area contributed by atoms with Gasteiger partial charge in [-0.1, -0.05) is 0 Å². The van der Waals surface area contributed by atoms with Crippen LogP contribution in [-0.2, 0) is 4.74 Å². The Morgan fingerprint density at radius 3 is 2.68 bits per heavy atom. The van der Waals surface area contributed by atoms with Crippen molar-refractivity contribution in [2.75, 3.05) is 39.1 Å². The normalized spacial score (nSPS) is 16.5. The van der Waals surface area contributed by atoms with Gasteiger partial charge in [0.15, 0.2) is 0 Å². The first kappa shape index (κ1) is 14.8. The maximum absolute atomic E-state index is 12.7. The number of likely N-dealkylation sites (tertiary alicyclic amines) is 1. The largest absolute Gasteiger partial charge is 0.384 e. The molecule has 0 radical (unpaired) electrons. The van der Waals surface area contributed by atoms with Crippen LogP contribution in [0.15, 0.2) is 29.2 Å². The Morgan fingerprint density at radius 2 is 2.00 bits per heavy atom. The van der Waals surface area contributed by atoms with Crippen LogP contribution >= 0.6 is 11.8 Å². The fourth-order valence-corrected chi connectivity index (χ4v) is 3.27. The minimum Gasteiger partial charge on any atom is -0.384 e. The third-order valence-corrected chi connectivity index (χ3v) is 4.48. The molecule has 2 rings (SSSR count). The number of rotatable bonds is 8. The second-order valence-electron chi connectivity index (χ2n) is 5.09. The molecule has 0 unspecified atom stereocenters. The van der Waals surface area contributed by atoms with E-state index < -0.39 is 0 Å². The molecule has 1 heterocycles. The van der Waals surface area contributed by atoms with Crippen molar-refractivity contribution in [3.63, 3.8) is 0 Å². The van der Waals surface area contributed by atoms with Gasteiger partial charge in [0.05, 0.1) is 6.61 Å². The monoisotopic (exact) mass is 283 g/mol. The Kier molecular flexibility index (Phi) is 6.14. The zero-order valence-electron chi connectivity index (χ0n) is 11.5. The molecule has 1 aliphatic rings. The predicted molar refractivity (Wildman–Crippen MR) is 78.2 cm³/mol. The fourth-order valence-electron chi connectivity index (χ4n) is 2.36. The summed E-state index contributed by atoms with van der Waals surface area (Å²) in [6, 6.07) is 6.76. The van der Waals surface area contributed by atoms with Crippen molar-refractivity contribution in [2.24, 2.45) is 5.92 Å². The molecule has 1 fully saturated rings. The Balaban J connectivity index is 1.48. The summed E-state index contributed by atoms with van der Waals surface area (Å²) < 4.78 is 17.9. The number of hydrogen-bond acceptors (Lipinski definition) is 3. The van der Waals surface area contributed by atoms with Gasteiger partial charge >= 0.3 is 0 Å². The summed E-state index contributed by atoms with van der Waals surface area (Å²) in [5.74, 6) is 1.70. The summed E-state index contributed by atoms with van der Waals surface area (Å²) in [5.41, 5.74) is 0. The zero-order chi connectivity index (χ0) is 13.5. The average molecular weight is 283 g/mol. The Morgan fingerprint density at radius 1 is 1.26 bits per heavy atom. The number of benzene rings is 1. The van der Waals surface area contributed by atoms with Crippen LogP contribution in [0.3, 0.4) is 0 Å². The second kappa shape index (κ2) is 7.88. The Hall–Kier alpha value is -0.580. The van der Waals surface area contributed by atoms with Gasteiger partial charge in [-0.25, -0.2) is 4.39 Å². The first-order chi connectivity index (χ1) is 9.28. The van der Waals surface area contributed by atoms with Gasteiger partial charge in [-0.2, -0.15) is 0 Å². The zero-order valence-corrected chi connectivity index (χ0v) is 12.3. The second-order valence-corrected chi connectivity index (χ2v) is 6.26. The fraction of sp³-hybridized carbons (Fsp3) is 0.600. The van der Waals surface area contributed by atoms with E-state index in [1.807, 2.05) is 23.9 Å². The Bertz CT molecular complexity index is 365. The van der Waals surface area contributed by atoms with Crippen LogP contribution < -0.4 is 0 Å². The number of hydrogen-bond donors (Lipinski definition) is 0. The highest BCUT2D eigenvalue weighted by Crippen LogP contribution is 2.20. The molecule has 1 aromatic carbocycles. The lowest BCUT2D eigenvalue weighted by Crippen LogP contribution is -2.48. The van der Waals surface area contributed by atoms with Crippen LogP contribution in [0.1, 0.15) is 12.8 Å². The summed E-state index contributed by atoms with van der Waals surface area (Å²) >= 11 is 1.81. The van der Waals surface area contributed by atoms with Gasteiger partial charge in [0, 0.05) is 31.0 Å². The molecule has 0 bridgehead atoms. The number of nitrogens with zero attached hydrogens (tertiary/aromatic N) is 1. The van der Waals surface area contributed by atoms with Crippen molar-refractivity contribution in [3.8, 4) is 0 Å². The number of methoxy groups -OCH3 is 1. The molecule has 0 atom stereocenters. The predicted octanol–water partition coefficient (Wildman–Crippen LogP) is 3.28. The number of thioether (sulfide) groups is 1. The molecule has 1 saturated heterocycles. The molecule has 0 N–H and O–H groups in total. The van der Waals surface area contributed by atoms with E-state index in [9.17, 15) is 4.39 Å². The van der Waals surface area contributed by atoms with E-state index in [-0.39, 0.29) is 5.82 Å². The summed E-state index contributed by atoms with van der Waals surface area (Å²) in [7, 11) is 1.77. The van der Waals surface area contributed by atoms with E-state index in [1.54, 1.807) is 7.11 Å². The van der Waals surface area contributed by atoms with Gasteiger partial charge in [-0.15, -0.1) is 11.8 Å². The van der Waals surface area contributed by atoms with Crippen LogP contribution in [0.5, 0.6) is 0 Å². The molecular weight excluding hydrogens is 261 g/mol. The van der Waals surface area contributed by atoms with Gasteiger partial charge in [-0.05, 0) is 49.4 Å². The highest BCUT2D eigenvalue weighted by molar-refractivity contribution is 7.99. The van der Waals surface area contributed by atoms with Gasteiger partial charge in [0.2, 0.25) is 0 Å². The number of ether oxygens (including phenoxy) is 1. The maximum atomic E-state index is 12.7. The van der Waals surface area contributed by atoms with Gasteiger partial charge < -0.3 is 9.64 Å². The smallest absolute Gasteiger partial charge is 0.123 e. The van der Waals surface area contributed by atoms with Crippen molar-refractivity contribution in [1.29, 1.82) is 0 Å². The van der Waals surface area contributed by atoms with E-state index in [2.05, 4.69) is 4.90 Å². The summed E-state index contributed by atoms with van der Waals surface area (Å²) in [4.78, 5) is 3.65. The number of halogens is 1. The quantitative estimate of drug-likeness (QED) is 0.536. The van der Waals surface area contributed by atoms with E-state index in [0.717, 1.165) is 23.2 Å². The minimum atomic E-state index is -0.159. The van der Waals surface area contributed by atoms with Gasteiger partial charge in [-0.3, -0.25) is 0 Å². The molecule has 0 amide bonds. The maximum Gasteiger partial charge on any atom is 0.123 e. The van der Waals surface area contributed by atoms with Crippen LogP contribution in [0.4, 0.5) is 4.39 Å². The van der Waals surface area contributed by atoms with E-state index >= 15 is 0 Å². The van der Waals surface area contributed by atoms with E-state index in [1.165, 1.54) is 44.6 Å². The molecule has 0 spiro atoms. The van der Waals surface area contributed by atoms with Crippen LogP contribution in [0.25, 0.3) is 0 Å². The SMILES string of the molecule is COCC1CN(CCCCSc2ccc(F)cc2)C1. The first-order valence-electron chi connectivity index (χ1n) is 6.87. The van der Waals surface area contributed by atoms with Crippen molar-refractivity contribution in [2.45, 2.75) is 17.7 Å². The Labute approximate surface area is 119 Å². The summed E-state index contributed by atoms with van der Waals surface area (Å²) in [5, 5.41) is 0. The standard InChI is InChI=1S/C15H22FNOS/c1-18-12-13-10-17(11-13)8-2-3-9-19-15-6-4-14(16)5-7-15/h4-7,13H,2-3,8-12H2,1H3. The molecule has 0 aromatic heterocycles. The molecule has 0 saturated carbocycles. The third kappa shape index (κ3) is 5.13. The molecule has 2 nitrogen and oxygen atoms in total. The lowest BCUT2D eigenvalue weighted by Gasteiger charge is -2.38. The molecule has 19 heavy (non-hydrogen) atoms. The minimum absolute atomic E-state index is 0.159. The van der Waals surface area contributed by atoms with E-state index in [4.69, 9.17) is 4.74 Å². The average Bonchev–Trinajstić information content (AvgIpc) is 2.37. The van der Waals surface area contributed by atoms with E-state index in [0.29, 0.717) is 0 Å². The van der Waals surface area contributed by atoms with Crippen LogP contribution in [0.2, 0.25) is 0 Å². The molecule has 1 aromatic rings. The third-order valence-electron chi connectivity index (χ3n) is 3.39. The van der Waals surface area contributed by atoms with Crippen molar-refractivity contribution < 1.29 is 9.13 Å². The first-order valence-corrected chi connectivity index (χ1v) is 7.86. The summed E-state index contributed by atoms with van der Waals surface area (Å²) in [6.45, 7) is 4.49. The van der Waals surface area contributed by atoms with Crippen LogP contribution in [-0.4, -0.2) is 44.0 Å². The van der Waals surface area contributed by atoms with Crippen molar-refractivity contribution in [3.05, 3.63) is 30.1 Å².